The molecule has 1 aliphatic rings. The molecular formula is C10H15N3O2. The number of hydrogen-bond donors (Lipinski definition) is 0. The zero-order valence-corrected chi connectivity index (χ0v) is 8.80. The number of carbonyl (C=O) groups is 1. The number of nitrogens with zero attached hydrogens (tertiary/aromatic N) is 3. The highest BCUT2D eigenvalue weighted by Crippen LogP contribution is 2.07. The Bertz CT molecular complexity index is 337. The first-order chi connectivity index (χ1) is 7.29. The molecule has 5 heteroatoms. The topological polar surface area (TPSA) is 47.4 Å². The highest BCUT2D eigenvalue weighted by molar-refractivity contribution is 5.71. The summed E-state index contributed by atoms with van der Waals surface area (Å²) in [5.41, 5.74) is 0.604. The normalized spacial score (nSPS) is 22.9. The summed E-state index contributed by atoms with van der Waals surface area (Å²) < 4.78 is 7.45. The van der Waals surface area contributed by atoms with Gasteiger partial charge in [0.25, 0.3) is 0 Å². The van der Waals surface area contributed by atoms with Gasteiger partial charge in [-0.1, -0.05) is 0 Å². The smallest absolute Gasteiger partial charge is 0.168 e. The van der Waals surface area contributed by atoms with Crippen LogP contribution in [0.25, 0.3) is 0 Å². The highest BCUT2D eigenvalue weighted by Gasteiger charge is 2.18. The van der Waals surface area contributed by atoms with Gasteiger partial charge in [0.2, 0.25) is 0 Å². The molecule has 1 aromatic heterocycles. The second-order valence-electron chi connectivity index (χ2n) is 3.84. The van der Waals surface area contributed by atoms with Gasteiger partial charge in [-0.05, 0) is 7.05 Å². The van der Waals surface area contributed by atoms with Gasteiger partial charge in [0.05, 0.1) is 31.8 Å². The number of carbonyl (C=O) groups excluding carboxylic acids is 1. The molecule has 2 rings (SSSR count). The van der Waals surface area contributed by atoms with E-state index in [1.807, 2.05) is 4.57 Å². The van der Waals surface area contributed by atoms with Crippen LogP contribution in [0.4, 0.5) is 0 Å². The summed E-state index contributed by atoms with van der Waals surface area (Å²) in [6.45, 7) is 3.32. The van der Waals surface area contributed by atoms with Crippen molar-refractivity contribution >= 4 is 6.29 Å². The molecule has 0 N–H and O–H groups in total. The minimum absolute atomic E-state index is 0.150. The fourth-order valence-corrected chi connectivity index (χ4v) is 1.78. The molecule has 2 heterocycles. The number of rotatable bonds is 3. The average molecular weight is 209 g/mol. The van der Waals surface area contributed by atoms with Crippen LogP contribution in [-0.4, -0.2) is 53.6 Å². The number of hydrogen-bond acceptors (Lipinski definition) is 4. The quantitative estimate of drug-likeness (QED) is 0.659. The van der Waals surface area contributed by atoms with Crippen LogP contribution in [0.5, 0.6) is 0 Å². The highest BCUT2D eigenvalue weighted by atomic mass is 16.5. The third-order valence-electron chi connectivity index (χ3n) is 2.61. The molecule has 0 amide bonds. The molecule has 0 saturated carbocycles. The molecule has 0 spiro atoms. The van der Waals surface area contributed by atoms with Crippen LogP contribution in [0, 0.1) is 0 Å². The fraction of sp³-hybridized carbons (Fsp3) is 0.600. The van der Waals surface area contributed by atoms with Crippen molar-refractivity contribution < 1.29 is 9.53 Å². The van der Waals surface area contributed by atoms with E-state index in [1.165, 1.54) is 0 Å². The molecule has 1 atom stereocenters. The molecule has 15 heavy (non-hydrogen) atoms. The van der Waals surface area contributed by atoms with E-state index >= 15 is 0 Å². The van der Waals surface area contributed by atoms with Crippen LogP contribution in [0.3, 0.4) is 0 Å². The summed E-state index contributed by atoms with van der Waals surface area (Å²) in [5.74, 6) is 0. The Balaban J connectivity index is 1.98. The summed E-state index contributed by atoms with van der Waals surface area (Å²) in [4.78, 5) is 16.9. The zero-order chi connectivity index (χ0) is 10.7. The van der Waals surface area contributed by atoms with E-state index in [1.54, 1.807) is 12.5 Å². The first kappa shape index (κ1) is 10.3. The van der Waals surface area contributed by atoms with Crippen molar-refractivity contribution in [2.45, 2.75) is 12.6 Å². The van der Waals surface area contributed by atoms with Crippen LogP contribution in [0.1, 0.15) is 10.5 Å². The van der Waals surface area contributed by atoms with Crippen LogP contribution < -0.4 is 0 Å². The molecule has 5 nitrogen and oxygen atoms in total. The lowest BCUT2D eigenvalue weighted by Crippen LogP contribution is -2.42. The maximum atomic E-state index is 10.7. The van der Waals surface area contributed by atoms with Crippen molar-refractivity contribution in [1.29, 1.82) is 0 Å². The molecule has 1 aromatic rings. The zero-order valence-electron chi connectivity index (χ0n) is 8.80. The molecule has 1 aliphatic heterocycles. The van der Waals surface area contributed by atoms with E-state index in [4.69, 9.17) is 4.74 Å². The molecule has 1 fully saturated rings. The van der Waals surface area contributed by atoms with E-state index in [0.717, 1.165) is 26.0 Å². The van der Waals surface area contributed by atoms with Crippen molar-refractivity contribution in [3.8, 4) is 0 Å². The number of morpholine rings is 1. The van der Waals surface area contributed by atoms with Gasteiger partial charge in [-0.3, -0.25) is 4.79 Å². The Labute approximate surface area is 88.7 Å². The molecule has 1 unspecified atom stereocenters. The molecule has 0 aromatic carbocycles. The predicted molar refractivity (Wildman–Crippen MR) is 54.9 cm³/mol. The maximum Gasteiger partial charge on any atom is 0.168 e. The second kappa shape index (κ2) is 4.55. The van der Waals surface area contributed by atoms with Gasteiger partial charge in [-0.25, -0.2) is 4.98 Å². The third kappa shape index (κ3) is 2.43. The molecule has 1 saturated heterocycles. The number of aromatic nitrogens is 2. The molecule has 82 valence electrons. The molecule has 0 radical (unpaired) electrons. The van der Waals surface area contributed by atoms with Crippen LogP contribution in [0.15, 0.2) is 12.5 Å². The number of aldehydes is 1. The maximum absolute atomic E-state index is 10.7. The van der Waals surface area contributed by atoms with Gasteiger partial charge in [0.1, 0.15) is 5.69 Å². The summed E-state index contributed by atoms with van der Waals surface area (Å²) in [7, 11) is 2.07. The fourth-order valence-electron chi connectivity index (χ4n) is 1.78. The monoisotopic (exact) mass is 209 g/mol. The summed E-state index contributed by atoms with van der Waals surface area (Å²) >= 11 is 0. The van der Waals surface area contributed by atoms with Crippen molar-refractivity contribution in [2.75, 3.05) is 26.7 Å². The van der Waals surface area contributed by atoms with Crippen LogP contribution >= 0.6 is 0 Å². The van der Waals surface area contributed by atoms with Crippen LogP contribution in [-0.2, 0) is 11.3 Å². The van der Waals surface area contributed by atoms with Gasteiger partial charge in [-0.15, -0.1) is 0 Å². The van der Waals surface area contributed by atoms with Crippen molar-refractivity contribution in [1.82, 2.24) is 14.5 Å². The van der Waals surface area contributed by atoms with E-state index in [2.05, 4.69) is 16.9 Å². The second-order valence-corrected chi connectivity index (χ2v) is 3.84. The van der Waals surface area contributed by atoms with Gasteiger partial charge >= 0.3 is 0 Å². The predicted octanol–water partition coefficient (Wildman–Crippen LogP) is 0.0262. The van der Waals surface area contributed by atoms with Crippen LogP contribution in [0.2, 0.25) is 0 Å². The molecular weight excluding hydrogens is 194 g/mol. The number of imidazole rings is 1. The lowest BCUT2D eigenvalue weighted by Gasteiger charge is -2.30. The SMILES string of the molecule is CN1CCOC(Cn2cncc2C=O)C1. The Morgan fingerprint density at radius 2 is 2.60 bits per heavy atom. The summed E-state index contributed by atoms with van der Waals surface area (Å²) in [6.07, 6.45) is 4.21. The molecule has 0 aliphatic carbocycles. The largest absolute Gasteiger partial charge is 0.374 e. The Hall–Kier alpha value is -1.20. The lowest BCUT2D eigenvalue weighted by molar-refractivity contribution is -0.0276. The van der Waals surface area contributed by atoms with Crippen molar-refractivity contribution in [3.05, 3.63) is 18.2 Å². The summed E-state index contributed by atoms with van der Waals surface area (Å²) in [5, 5.41) is 0. The first-order valence-corrected chi connectivity index (χ1v) is 5.05. The minimum Gasteiger partial charge on any atom is -0.374 e. The van der Waals surface area contributed by atoms with E-state index in [0.29, 0.717) is 12.2 Å². The number of likely N-dealkylation sites (N-methyl/N-ethyl adjacent to an activating group) is 1. The van der Waals surface area contributed by atoms with Gasteiger partial charge in [0, 0.05) is 13.1 Å². The van der Waals surface area contributed by atoms with E-state index in [9.17, 15) is 4.79 Å². The minimum atomic E-state index is 0.150. The first-order valence-electron chi connectivity index (χ1n) is 5.05. The standard InChI is InChI=1S/C10H15N3O2/c1-12-2-3-15-10(5-12)6-13-8-11-4-9(13)7-14/h4,7-8,10H,2-3,5-6H2,1H3. The average Bonchev–Trinajstić information content (AvgIpc) is 2.65. The Kier molecular flexibility index (Phi) is 3.13. The van der Waals surface area contributed by atoms with Gasteiger partial charge < -0.3 is 14.2 Å². The van der Waals surface area contributed by atoms with Crippen molar-refractivity contribution in [3.63, 3.8) is 0 Å². The van der Waals surface area contributed by atoms with Gasteiger partial charge in [0.15, 0.2) is 6.29 Å². The Morgan fingerprint density at radius 3 is 3.33 bits per heavy atom. The lowest BCUT2D eigenvalue weighted by atomic mass is 10.3. The van der Waals surface area contributed by atoms with E-state index in [-0.39, 0.29) is 6.10 Å². The summed E-state index contributed by atoms with van der Waals surface area (Å²) in [6, 6.07) is 0. The van der Waals surface area contributed by atoms with Gasteiger partial charge in [-0.2, -0.15) is 0 Å². The third-order valence-corrected chi connectivity index (χ3v) is 2.61. The molecule has 0 bridgehead atoms. The van der Waals surface area contributed by atoms with Crippen molar-refractivity contribution in [2.24, 2.45) is 0 Å². The van der Waals surface area contributed by atoms with E-state index < -0.39 is 0 Å². The number of ether oxygens (including phenoxy) is 1. The Morgan fingerprint density at radius 1 is 1.73 bits per heavy atom.